The summed E-state index contributed by atoms with van der Waals surface area (Å²) >= 11 is 0. The Morgan fingerprint density at radius 2 is 1.91 bits per heavy atom. The van der Waals surface area contributed by atoms with E-state index >= 15 is 0 Å². The SMILES string of the molecule is Cc1nnnn1[C@@H]1C[C@@]23COC[C@@](C)([C@@H]2CC[C@H]2C3=CC[C@@]3(C)[C@H](C(=O)O)[C@@](C)([C@H](C)C(C)C)CC[C@]23C)[C@H]1OCCN. The van der Waals surface area contributed by atoms with Crippen LogP contribution in [0.25, 0.3) is 0 Å². The van der Waals surface area contributed by atoms with Crippen LogP contribution in [0.2, 0.25) is 0 Å². The van der Waals surface area contributed by atoms with Gasteiger partial charge in [-0.1, -0.05) is 60.1 Å². The Labute approximate surface area is 257 Å². The van der Waals surface area contributed by atoms with Crippen molar-refractivity contribution in [3.8, 4) is 0 Å². The fourth-order valence-electron chi connectivity index (χ4n) is 11.9. The molecule has 11 atom stereocenters. The largest absolute Gasteiger partial charge is 0.481 e. The van der Waals surface area contributed by atoms with Crippen molar-refractivity contribution in [3.63, 3.8) is 0 Å². The number of carboxylic acids is 1. The van der Waals surface area contributed by atoms with E-state index in [-0.39, 0.29) is 39.2 Å². The van der Waals surface area contributed by atoms with E-state index in [1.807, 2.05) is 11.6 Å². The molecule has 4 aliphatic carbocycles. The van der Waals surface area contributed by atoms with Gasteiger partial charge in [0, 0.05) is 17.4 Å². The van der Waals surface area contributed by atoms with Gasteiger partial charge in [0.2, 0.25) is 0 Å². The van der Waals surface area contributed by atoms with Crippen molar-refractivity contribution < 1.29 is 19.4 Å². The highest BCUT2D eigenvalue weighted by Gasteiger charge is 2.72. The van der Waals surface area contributed by atoms with E-state index in [9.17, 15) is 9.90 Å². The number of aliphatic carboxylic acids is 1. The average molecular weight is 598 g/mol. The molecule has 0 radical (unpaired) electrons. The zero-order chi connectivity index (χ0) is 31.2. The second kappa shape index (κ2) is 10.3. The number of aryl methyl sites for hydroxylation is 1. The molecule has 1 aliphatic heterocycles. The minimum atomic E-state index is -0.618. The Hall–Kier alpha value is -1.84. The molecule has 240 valence electrons. The number of nitrogens with zero attached hydrogens (tertiary/aromatic N) is 4. The summed E-state index contributed by atoms with van der Waals surface area (Å²) in [5, 5.41) is 23.7. The van der Waals surface area contributed by atoms with Gasteiger partial charge in [0.25, 0.3) is 0 Å². The van der Waals surface area contributed by atoms with E-state index in [0.717, 1.165) is 44.3 Å². The molecule has 1 saturated heterocycles. The monoisotopic (exact) mass is 597 g/mol. The zero-order valence-electron chi connectivity index (χ0n) is 27.7. The first-order valence-corrected chi connectivity index (χ1v) is 16.8. The average Bonchev–Trinajstić information content (AvgIpc) is 3.37. The summed E-state index contributed by atoms with van der Waals surface area (Å²) in [5.74, 6) is 1.27. The van der Waals surface area contributed by atoms with Crippen LogP contribution >= 0.6 is 0 Å². The van der Waals surface area contributed by atoms with Gasteiger partial charge in [0.1, 0.15) is 5.82 Å². The van der Waals surface area contributed by atoms with Crippen LogP contribution in [0.4, 0.5) is 0 Å². The van der Waals surface area contributed by atoms with Crippen LogP contribution in [0.5, 0.6) is 0 Å². The Morgan fingerprint density at radius 3 is 2.53 bits per heavy atom. The molecule has 4 fully saturated rings. The normalized spacial score (nSPS) is 46.4. The molecule has 9 nitrogen and oxygen atoms in total. The second-order valence-electron chi connectivity index (χ2n) is 16.4. The quantitative estimate of drug-likeness (QED) is 0.397. The smallest absolute Gasteiger partial charge is 0.307 e. The summed E-state index contributed by atoms with van der Waals surface area (Å²) in [4.78, 5) is 13.3. The third-order valence-corrected chi connectivity index (χ3v) is 14.5. The molecule has 1 aromatic heterocycles. The summed E-state index contributed by atoms with van der Waals surface area (Å²) in [6.07, 6.45) is 8.22. The van der Waals surface area contributed by atoms with Gasteiger partial charge in [0.15, 0.2) is 0 Å². The zero-order valence-corrected chi connectivity index (χ0v) is 27.7. The standard InChI is InChI=1S/C34H55N5O4/c1-20(2)21(3)30(5)13-14-32(7)23-9-10-26-31(6)18-42-19-34(26,24(23)11-12-33(32,8)27(30)29(40)41)17-25(28(31)43-16-15-35)39-22(4)36-37-38-39/h11,20-21,23,25-28H,9-10,12-19,35H2,1-8H3,(H,40,41)/t21-,23+,25-,26+,27-,28+,30-,31+,32-,33+,34+/m1/s1. The molecule has 0 unspecified atom stereocenters. The van der Waals surface area contributed by atoms with E-state index in [1.165, 1.54) is 5.57 Å². The Morgan fingerprint density at radius 1 is 1.16 bits per heavy atom. The first-order chi connectivity index (χ1) is 20.2. The molecule has 0 amide bonds. The molecule has 3 N–H and O–H groups in total. The molecule has 6 rings (SSSR count). The molecule has 43 heavy (non-hydrogen) atoms. The first-order valence-electron chi connectivity index (χ1n) is 16.8. The van der Waals surface area contributed by atoms with Gasteiger partial charge in [-0.15, -0.1) is 5.10 Å². The van der Waals surface area contributed by atoms with Crippen LogP contribution in [-0.4, -0.2) is 63.8 Å². The van der Waals surface area contributed by atoms with Gasteiger partial charge >= 0.3 is 5.97 Å². The van der Waals surface area contributed by atoms with Crippen molar-refractivity contribution in [2.75, 3.05) is 26.4 Å². The van der Waals surface area contributed by atoms with E-state index in [0.29, 0.717) is 50.0 Å². The fraction of sp³-hybridized carbons (Fsp3) is 0.882. The highest BCUT2D eigenvalue weighted by molar-refractivity contribution is 5.73. The lowest BCUT2D eigenvalue weighted by Gasteiger charge is -2.71. The Bertz CT molecular complexity index is 1280. The molecule has 5 aliphatic rings. The van der Waals surface area contributed by atoms with Crippen molar-refractivity contribution in [2.45, 2.75) is 106 Å². The maximum absolute atomic E-state index is 13.3. The molecule has 9 heteroatoms. The molecule has 3 saturated carbocycles. The fourth-order valence-corrected chi connectivity index (χ4v) is 11.9. The highest BCUT2D eigenvalue weighted by atomic mass is 16.5. The van der Waals surface area contributed by atoms with Crippen LogP contribution in [-0.2, 0) is 14.3 Å². The van der Waals surface area contributed by atoms with Gasteiger partial charge in [0.05, 0.1) is 37.9 Å². The third-order valence-electron chi connectivity index (χ3n) is 14.5. The summed E-state index contributed by atoms with van der Waals surface area (Å²) in [7, 11) is 0. The molecule has 1 aromatic rings. The van der Waals surface area contributed by atoms with Gasteiger partial charge in [-0.3, -0.25) is 4.79 Å². The summed E-state index contributed by atoms with van der Waals surface area (Å²) < 4.78 is 15.2. The summed E-state index contributed by atoms with van der Waals surface area (Å²) in [6.45, 7) is 20.4. The van der Waals surface area contributed by atoms with Gasteiger partial charge in [-0.25, -0.2) is 4.68 Å². The van der Waals surface area contributed by atoms with Crippen LogP contribution in [0.1, 0.15) is 98.9 Å². The second-order valence-corrected chi connectivity index (χ2v) is 16.4. The number of fused-ring (bicyclic) bond motifs is 3. The molecule has 0 spiro atoms. The lowest BCUT2D eigenvalue weighted by molar-refractivity contribution is -0.250. The number of carboxylic acid groups (broad SMARTS) is 1. The number of carbonyl (C=O) groups is 1. The van der Waals surface area contributed by atoms with E-state index < -0.39 is 11.9 Å². The van der Waals surface area contributed by atoms with Crippen molar-refractivity contribution in [1.29, 1.82) is 0 Å². The Balaban J connectivity index is 1.47. The van der Waals surface area contributed by atoms with E-state index in [2.05, 4.69) is 70.1 Å². The number of hydrogen-bond acceptors (Lipinski definition) is 7. The maximum Gasteiger partial charge on any atom is 0.307 e. The number of aromatic nitrogens is 4. The first kappa shape index (κ1) is 31.2. The van der Waals surface area contributed by atoms with Crippen molar-refractivity contribution in [1.82, 2.24) is 20.2 Å². The number of rotatable bonds is 7. The summed E-state index contributed by atoms with van der Waals surface area (Å²) in [6, 6.07) is -0.0271. The number of tetrazole rings is 1. The van der Waals surface area contributed by atoms with Crippen LogP contribution in [0, 0.1) is 63.6 Å². The lowest BCUT2D eigenvalue weighted by atomic mass is 9.34. The molecule has 2 bridgehead atoms. The van der Waals surface area contributed by atoms with Crippen LogP contribution in [0.15, 0.2) is 11.6 Å². The lowest BCUT2D eigenvalue weighted by Crippen LogP contribution is -2.69. The number of nitrogens with two attached hydrogens (primary N) is 1. The maximum atomic E-state index is 13.3. The van der Waals surface area contributed by atoms with Crippen molar-refractivity contribution >= 4 is 5.97 Å². The van der Waals surface area contributed by atoms with Crippen molar-refractivity contribution in [2.24, 2.45) is 62.4 Å². The summed E-state index contributed by atoms with van der Waals surface area (Å²) in [5.41, 5.74) is 6.40. The van der Waals surface area contributed by atoms with E-state index in [4.69, 9.17) is 15.2 Å². The molecular weight excluding hydrogens is 542 g/mol. The molecule has 0 aromatic carbocycles. The van der Waals surface area contributed by atoms with Gasteiger partial charge in [-0.2, -0.15) is 0 Å². The molecule has 2 heterocycles. The van der Waals surface area contributed by atoms with Gasteiger partial charge in [-0.05, 0) is 95.8 Å². The minimum absolute atomic E-state index is 0.0271. The number of hydrogen-bond donors (Lipinski definition) is 2. The Kier molecular flexibility index (Phi) is 7.49. The predicted molar refractivity (Wildman–Crippen MR) is 164 cm³/mol. The third kappa shape index (κ3) is 4.05. The van der Waals surface area contributed by atoms with Crippen LogP contribution in [0.3, 0.4) is 0 Å². The molecular formula is C34H55N5O4. The van der Waals surface area contributed by atoms with Crippen molar-refractivity contribution in [3.05, 3.63) is 17.5 Å². The minimum Gasteiger partial charge on any atom is -0.481 e. The van der Waals surface area contributed by atoms with Crippen LogP contribution < -0.4 is 5.73 Å². The van der Waals surface area contributed by atoms with E-state index in [1.54, 1.807) is 0 Å². The topological polar surface area (TPSA) is 125 Å². The number of allylic oxidation sites excluding steroid dienone is 1. The van der Waals surface area contributed by atoms with Gasteiger partial charge < -0.3 is 20.3 Å². The predicted octanol–water partition coefficient (Wildman–Crippen LogP) is 5.46. The number of ether oxygens (including phenoxy) is 2. The highest BCUT2D eigenvalue weighted by Crippen LogP contribution is 2.75.